The Labute approximate surface area is 135 Å². The van der Waals surface area contributed by atoms with E-state index in [9.17, 15) is 9.90 Å². The van der Waals surface area contributed by atoms with Gasteiger partial charge in [0.2, 0.25) is 0 Å². The molecule has 0 amide bonds. The molecule has 23 heavy (non-hydrogen) atoms. The summed E-state index contributed by atoms with van der Waals surface area (Å²) in [5, 5.41) is 9.91. The van der Waals surface area contributed by atoms with Gasteiger partial charge in [-0.1, -0.05) is 42.0 Å². The van der Waals surface area contributed by atoms with Crippen LogP contribution in [0.15, 0.2) is 48.5 Å². The maximum absolute atomic E-state index is 12.1. The third kappa shape index (κ3) is 2.70. The van der Waals surface area contributed by atoms with Gasteiger partial charge in [-0.2, -0.15) is 0 Å². The second kappa shape index (κ2) is 6.05. The first-order valence-electron chi connectivity index (χ1n) is 7.64. The number of hydrogen-bond donors (Lipinski definition) is 1. The maximum atomic E-state index is 12.1. The zero-order valence-corrected chi connectivity index (χ0v) is 13.3. The van der Waals surface area contributed by atoms with Crippen molar-refractivity contribution in [2.45, 2.75) is 24.9 Å². The van der Waals surface area contributed by atoms with E-state index >= 15 is 0 Å². The Hall–Kier alpha value is -2.33. The SMILES string of the molecule is COc1ccc(C)cc1[C@@]1(C(=O)O)CC(c2ccccc2)CO1. The van der Waals surface area contributed by atoms with Crippen molar-refractivity contribution in [1.82, 2.24) is 0 Å². The molecule has 2 atom stereocenters. The highest BCUT2D eigenvalue weighted by molar-refractivity contribution is 5.81. The number of carbonyl (C=O) groups is 1. The van der Waals surface area contributed by atoms with Crippen LogP contribution in [0.3, 0.4) is 0 Å². The van der Waals surface area contributed by atoms with Crippen molar-refractivity contribution >= 4 is 5.97 Å². The van der Waals surface area contributed by atoms with E-state index in [1.165, 1.54) is 0 Å². The minimum absolute atomic E-state index is 0.0533. The van der Waals surface area contributed by atoms with Crippen LogP contribution >= 0.6 is 0 Å². The van der Waals surface area contributed by atoms with Crippen molar-refractivity contribution < 1.29 is 19.4 Å². The summed E-state index contributed by atoms with van der Waals surface area (Å²) in [6, 6.07) is 15.5. The molecule has 0 aliphatic carbocycles. The van der Waals surface area contributed by atoms with Crippen LogP contribution in [0.2, 0.25) is 0 Å². The summed E-state index contributed by atoms with van der Waals surface area (Å²) in [6.07, 6.45) is 0.395. The number of methoxy groups -OCH3 is 1. The van der Waals surface area contributed by atoms with E-state index in [2.05, 4.69) is 0 Å². The van der Waals surface area contributed by atoms with Crippen LogP contribution in [0, 0.1) is 6.92 Å². The number of rotatable bonds is 4. The topological polar surface area (TPSA) is 55.8 Å². The largest absolute Gasteiger partial charge is 0.496 e. The predicted octanol–water partition coefficient (Wildman–Crippen LogP) is 3.49. The molecule has 120 valence electrons. The third-order valence-electron chi connectivity index (χ3n) is 4.47. The molecule has 2 aromatic rings. The highest BCUT2D eigenvalue weighted by Gasteiger charge is 2.50. The molecule has 1 aliphatic heterocycles. The van der Waals surface area contributed by atoms with Gasteiger partial charge in [-0.05, 0) is 24.6 Å². The molecule has 1 unspecified atom stereocenters. The number of carboxylic acid groups (broad SMARTS) is 1. The second-order valence-corrected chi connectivity index (χ2v) is 5.96. The highest BCUT2D eigenvalue weighted by Crippen LogP contribution is 2.46. The maximum Gasteiger partial charge on any atom is 0.340 e. The van der Waals surface area contributed by atoms with Gasteiger partial charge in [0.25, 0.3) is 0 Å². The molecule has 2 aromatic carbocycles. The van der Waals surface area contributed by atoms with E-state index in [4.69, 9.17) is 9.47 Å². The lowest BCUT2D eigenvalue weighted by Crippen LogP contribution is -2.35. The van der Waals surface area contributed by atoms with Crippen LogP contribution in [-0.4, -0.2) is 24.8 Å². The minimum Gasteiger partial charge on any atom is -0.496 e. The van der Waals surface area contributed by atoms with Gasteiger partial charge in [0.15, 0.2) is 5.60 Å². The zero-order valence-electron chi connectivity index (χ0n) is 13.3. The van der Waals surface area contributed by atoms with Crippen LogP contribution in [0.4, 0.5) is 0 Å². The summed E-state index contributed by atoms with van der Waals surface area (Å²) in [4.78, 5) is 12.1. The molecular formula is C19H20O4. The first kappa shape index (κ1) is 15.6. The fraction of sp³-hybridized carbons (Fsp3) is 0.316. The number of carboxylic acids is 1. The van der Waals surface area contributed by atoms with E-state index < -0.39 is 11.6 Å². The first-order chi connectivity index (χ1) is 11.1. The van der Waals surface area contributed by atoms with Gasteiger partial charge in [-0.25, -0.2) is 4.79 Å². The van der Waals surface area contributed by atoms with E-state index in [-0.39, 0.29) is 5.92 Å². The van der Waals surface area contributed by atoms with Crippen molar-refractivity contribution in [3.05, 3.63) is 65.2 Å². The van der Waals surface area contributed by atoms with Crippen molar-refractivity contribution in [2.75, 3.05) is 13.7 Å². The van der Waals surface area contributed by atoms with Crippen molar-refractivity contribution in [3.8, 4) is 5.75 Å². The summed E-state index contributed by atoms with van der Waals surface area (Å²) in [7, 11) is 1.55. The monoisotopic (exact) mass is 312 g/mol. The standard InChI is InChI=1S/C19H20O4/c1-13-8-9-17(22-2)16(10-13)19(18(20)21)11-15(12-23-19)14-6-4-3-5-7-14/h3-10,15H,11-12H2,1-2H3,(H,20,21)/t15?,19-/m1/s1. The van der Waals surface area contributed by atoms with Gasteiger partial charge in [0.1, 0.15) is 5.75 Å². The Bertz CT molecular complexity index is 711. The average Bonchev–Trinajstić information content (AvgIpc) is 3.02. The minimum atomic E-state index is -1.36. The molecule has 0 saturated carbocycles. The molecule has 1 N–H and O–H groups in total. The number of aliphatic carboxylic acids is 1. The van der Waals surface area contributed by atoms with Crippen LogP contribution in [0.5, 0.6) is 5.75 Å². The lowest BCUT2D eigenvalue weighted by Gasteiger charge is -2.26. The van der Waals surface area contributed by atoms with Gasteiger partial charge in [0, 0.05) is 17.9 Å². The molecule has 0 radical (unpaired) electrons. The zero-order chi connectivity index (χ0) is 16.4. The van der Waals surface area contributed by atoms with Gasteiger partial charge < -0.3 is 14.6 Å². The van der Waals surface area contributed by atoms with E-state index in [0.29, 0.717) is 24.3 Å². The first-order valence-corrected chi connectivity index (χ1v) is 7.64. The normalized spacial score (nSPS) is 23.7. The Morgan fingerprint density at radius 3 is 2.65 bits per heavy atom. The third-order valence-corrected chi connectivity index (χ3v) is 4.47. The second-order valence-electron chi connectivity index (χ2n) is 5.96. The smallest absolute Gasteiger partial charge is 0.340 e. The van der Waals surface area contributed by atoms with Crippen LogP contribution in [0.25, 0.3) is 0 Å². The quantitative estimate of drug-likeness (QED) is 0.939. The van der Waals surface area contributed by atoms with Crippen molar-refractivity contribution in [3.63, 3.8) is 0 Å². The Balaban J connectivity index is 2.03. The molecule has 1 heterocycles. The summed E-state index contributed by atoms with van der Waals surface area (Å²) in [5.74, 6) is -0.371. The van der Waals surface area contributed by atoms with Crippen LogP contribution in [0.1, 0.15) is 29.0 Å². The lowest BCUT2D eigenvalue weighted by atomic mass is 9.83. The fourth-order valence-corrected chi connectivity index (χ4v) is 3.24. The Morgan fingerprint density at radius 2 is 2.00 bits per heavy atom. The lowest BCUT2D eigenvalue weighted by molar-refractivity contribution is -0.161. The number of aryl methyl sites for hydroxylation is 1. The summed E-state index contributed by atoms with van der Waals surface area (Å²) >= 11 is 0. The molecule has 1 saturated heterocycles. The fourth-order valence-electron chi connectivity index (χ4n) is 3.24. The van der Waals surface area contributed by atoms with Crippen LogP contribution < -0.4 is 4.74 Å². The molecular weight excluding hydrogens is 292 g/mol. The van der Waals surface area contributed by atoms with Crippen molar-refractivity contribution in [1.29, 1.82) is 0 Å². The number of hydrogen-bond acceptors (Lipinski definition) is 3. The van der Waals surface area contributed by atoms with Gasteiger partial charge >= 0.3 is 5.97 Å². The molecule has 0 bridgehead atoms. The molecule has 3 rings (SSSR count). The summed E-state index contributed by atoms with van der Waals surface area (Å²) in [5.41, 5.74) is 1.30. The highest BCUT2D eigenvalue weighted by atomic mass is 16.5. The molecule has 4 nitrogen and oxygen atoms in total. The molecule has 4 heteroatoms. The number of ether oxygens (including phenoxy) is 2. The van der Waals surface area contributed by atoms with E-state index in [1.807, 2.05) is 49.4 Å². The predicted molar refractivity (Wildman–Crippen MR) is 86.8 cm³/mol. The number of benzene rings is 2. The van der Waals surface area contributed by atoms with Gasteiger partial charge in [-0.15, -0.1) is 0 Å². The summed E-state index contributed by atoms with van der Waals surface area (Å²) in [6.45, 7) is 2.32. The molecule has 1 fully saturated rings. The van der Waals surface area contributed by atoms with Gasteiger partial charge in [-0.3, -0.25) is 0 Å². The van der Waals surface area contributed by atoms with E-state index in [0.717, 1.165) is 11.1 Å². The Kier molecular flexibility index (Phi) is 4.09. The Morgan fingerprint density at radius 1 is 1.26 bits per heavy atom. The van der Waals surface area contributed by atoms with Gasteiger partial charge in [0.05, 0.1) is 13.7 Å². The molecule has 0 spiro atoms. The van der Waals surface area contributed by atoms with Crippen LogP contribution in [-0.2, 0) is 15.1 Å². The molecule has 1 aliphatic rings. The van der Waals surface area contributed by atoms with E-state index in [1.54, 1.807) is 13.2 Å². The summed E-state index contributed by atoms with van der Waals surface area (Å²) < 4.78 is 11.3. The van der Waals surface area contributed by atoms with Crippen molar-refractivity contribution in [2.24, 2.45) is 0 Å². The average molecular weight is 312 g/mol. The molecule has 0 aromatic heterocycles.